The van der Waals surface area contributed by atoms with Crippen molar-refractivity contribution in [3.05, 3.63) is 176 Å². The molecule has 0 fully saturated rings. The third kappa shape index (κ3) is 4.54. The Morgan fingerprint density at radius 2 is 1.04 bits per heavy atom. The van der Waals surface area contributed by atoms with Crippen LogP contribution >= 0.6 is 0 Å². The molecule has 4 heterocycles. The van der Waals surface area contributed by atoms with Crippen LogP contribution in [-0.4, -0.2) is 19.5 Å². The van der Waals surface area contributed by atoms with Crippen LogP contribution < -0.4 is 0 Å². The van der Waals surface area contributed by atoms with Crippen molar-refractivity contribution >= 4 is 43.9 Å². The van der Waals surface area contributed by atoms with Gasteiger partial charge >= 0.3 is 0 Å². The number of nitrogens with one attached hydrogen (secondary N) is 1. The number of nitrogens with zero attached hydrogens (tertiary/aromatic N) is 3. The van der Waals surface area contributed by atoms with Gasteiger partial charge in [-0.25, -0.2) is 0 Å². The second-order valence-electron chi connectivity index (χ2n) is 12.7. The smallest absolute Gasteiger partial charge is 0.115 e. The van der Waals surface area contributed by atoms with E-state index in [0.29, 0.717) is 0 Å². The SMILES string of the molecule is c1ccc(-n2c3ccccc3c3cc(-c4cccc(-c5ccccc5-c5cccc(-c6ccnc7c6[nH]c6cccnc67)c5)c4)ccc32)cc1. The molecule has 0 saturated heterocycles. The number of aromatic nitrogens is 4. The molecule has 1 N–H and O–H groups in total. The van der Waals surface area contributed by atoms with Crippen LogP contribution in [0, 0.1) is 0 Å². The average molecular weight is 639 g/mol. The predicted octanol–water partition coefficient (Wildman–Crippen LogP) is 11.9. The van der Waals surface area contributed by atoms with Crippen molar-refractivity contribution in [1.82, 2.24) is 19.5 Å². The zero-order valence-corrected chi connectivity index (χ0v) is 27.1. The number of rotatable bonds is 5. The quantitative estimate of drug-likeness (QED) is 0.204. The van der Waals surface area contributed by atoms with Crippen molar-refractivity contribution in [3.63, 3.8) is 0 Å². The van der Waals surface area contributed by atoms with Crippen molar-refractivity contribution < 1.29 is 0 Å². The van der Waals surface area contributed by atoms with Gasteiger partial charge in [0.25, 0.3) is 0 Å². The molecule has 234 valence electrons. The van der Waals surface area contributed by atoms with E-state index < -0.39 is 0 Å². The zero-order chi connectivity index (χ0) is 33.0. The van der Waals surface area contributed by atoms with Crippen molar-refractivity contribution in [2.45, 2.75) is 0 Å². The van der Waals surface area contributed by atoms with Crippen LogP contribution in [0.25, 0.3) is 94.1 Å². The largest absolute Gasteiger partial charge is 0.351 e. The van der Waals surface area contributed by atoms with Crippen molar-refractivity contribution in [3.8, 4) is 50.2 Å². The highest BCUT2D eigenvalue weighted by Crippen LogP contribution is 2.39. The van der Waals surface area contributed by atoms with Crippen molar-refractivity contribution in [1.29, 1.82) is 0 Å². The Morgan fingerprint density at radius 3 is 1.86 bits per heavy atom. The maximum Gasteiger partial charge on any atom is 0.115 e. The molecule has 0 amide bonds. The first-order valence-electron chi connectivity index (χ1n) is 16.9. The van der Waals surface area contributed by atoms with Gasteiger partial charge in [0.2, 0.25) is 0 Å². The van der Waals surface area contributed by atoms with Gasteiger partial charge in [0.05, 0.1) is 22.1 Å². The summed E-state index contributed by atoms with van der Waals surface area (Å²) in [5.41, 5.74) is 16.7. The molecule has 0 spiro atoms. The fourth-order valence-electron chi connectivity index (χ4n) is 7.55. The van der Waals surface area contributed by atoms with Crippen molar-refractivity contribution in [2.75, 3.05) is 0 Å². The molecule has 10 aromatic rings. The Hall–Kier alpha value is -6.78. The fraction of sp³-hybridized carbons (Fsp3) is 0. The van der Waals surface area contributed by atoms with Crippen LogP contribution in [0.15, 0.2) is 176 Å². The minimum Gasteiger partial charge on any atom is -0.351 e. The first-order chi connectivity index (χ1) is 24.8. The van der Waals surface area contributed by atoms with Gasteiger partial charge in [0.1, 0.15) is 11.0 Å². The van der Waals surface area contributed by atoms with E-state index in [9.17, 15) is 0 Å². The molecule has 0 radical (unpaired) electrons. The molecule has 0 saturated carbocycles. The maximum absolute atomic E-state index is 4.67. The summed E-state index contributed by atoms with van der Waals surface area (Å²) in [5.74, 6) is 0. The summed E-state index contributed by atoms with van der Waals surface area (Å²) >= 11 is 0. The number of pyridine rings is 2. The Labute approximate surface area is 289 Å². The highest BCUT2D eigenvalue weighted by molar-refractivity contribution is 6.11. The van der Waals surface area contributed by atoms with Gasteiger partial charge in [0, 0.05) is 34.4 Å². The van der Waals surface area contributed by atoms with E-state index in [-0.39, 0.29) is 0 Å². The minimum atomic E-state index is 0.892. The van der Waals surface area contributed by atoms with Crippen LogP contribution in [0.3, 0.4) is 0 Å². The lowest BCUT2D eigenvalue weighted by Crippen LogP contribution is -1.92. The van der Waals surface area contributed by atoms with E-state index in [2.05, 4.69) is 177 Å². The molecule has 0 aliphatic heterocycles. The highest BCUT2D eigenvalue weighted by atomic mass is 15.0. The van der Waals surface area contributed by atoms with Crippen LogP contribution in [0.2, 0.25) is 0 Å². The predicted molar refractivity (Wildman–Crippen MR) is 207 cm³/mol. The van der Waals surface area contributed by atoms with Crippen LogP contribution in [0.5, 0.6) is 0 Å². The topological polar surface area (TPSA) is 46.5 Å². The van der Waals surface area contributed by atoms with E-state index in [0.717, 1.165) is 38.8 Å². The summed E-state index contributed by atoms with van der Waals surface area (Å²) < 4.78 is 2.36. The molecule has 4 heteroatoms. The number of aromatic amines is 1. The van der Waals surface area contributed by atoms with Gasteiger partial charge in [-0.2, -0.15) is 0 Å². The Kier molecular flexibility index (Phi) is 6.46. The summed E-state index contributed by atoms with van der Waals surface area (Å²) in [7, 11) is 0. The van der Waals surface area contributed by atoms with Gasteiger partial charge < -0.3 is 9.55 Å². The normalized spacial score (nSPS) is 11.6. The fourth-order valence-corrected chi connectivity index (χ4v) is 7.55. The molecule has 0 aliphatic rings. The van der Waals surface area contributed by atoms with E-state index >= 15 is 0 Å². The lowest BCUT2D eigenvalue weighted by atomic mass is 9.91. The number of benzene rings is 6. The summed E-state index contributed by atoms with van der Waals surface area (Å²) in [6.45, 7) is 0. The number of hydrogen-bond donors (Lipinski definition) is 1. The summed E-state index contributed by atoms with van der Waals surface area (Å²) in [4.78, 5) is 12.8. The third-order valence-corrected chi connectivity index (χ3v) is 9.85. The molecule has 0 bridgehead atoms. The molecular formula is C46H30N4. The van der Waals surface area contributed by atoms with Gasteiger partial charge in [-0.15, -0.1) is 0 Å². The highest BCUT2D eigenvalue weighted by Gasteiger charge is 2.16. The van der Waals surface area contributed by atoms with Crippen molar-refractivity contribution in [2.24, 2.45) is 0 Å². The second-order valence-corrected chi connectivity index (χ2v) is 12.7. The third-order valence-electron chi connectivity index (χ3n) is 9.85. The molecule has 6 aromatic carbocycles. The number of H-pyrrole nitrogens is 1. The Balaban J connectivity index is 1.06. The maximum atomic E-state index is 4.67. The van der Waals surface area contributed by atoms with Gasteiger partial charge in [0.15, 0.2) is 0 Å². The summed E-state index contributed by atoms with van der Waals surface area (Å²) in [5, 5.41) is 2.50. The van der Waals surface area contributed by atoms with Crippen LogP contribution in [-0.2, 0) is 0 Å². The van der Waals surface area contributed by atoms with E-state index in [4.69, 9.17) is 0 Å². The molecule has 10 rings (SSSR count). The lowest BCUT2D eigenvalue weighted by molar-refractivity contribution is 1.18. The Morgan fingerprint density at radius 1 is 0.400 bits per heavy atom. The van der Waals surface area contributed by atoms with Crippen LogP contribution in [0.4, 0.5) is 0 Å². The van der Waals surface area contributed by atoms with Gasteiger partial charge in [-0.1, -0.05) is 103 Å². The summed E-state index contributed by atoms with van der Waals surface area (Å²) in [6.07, 6.45) is 3.70. The van der Waals surface area contributed by atoms with Crippen LogP contribution in [0.1, 0.15) is 0 Å². The minimum absolute atomic E-state index is 0.892. The average Bonchev–Trinajstić information content (AvgIpc) is 3.74. The molecule has 50 heavy (non-hydrogen) atoms. The summed E-state index contributed by atoms with van der Waals surface area (Å²) in [6, 6.07) is 58.7. The standard InChI is InChI=1S/C46H30N4/c1-2-15-35(16-3-1)50-42-21-7-6-19-39(42)40-29-31(22-23-43(40)50)30-11-8-12-32(27-30)36-17-4-5-18-37(36)33-13-9-14-34(28-33)38-24-26-48-46-44(38)49-41-20-10-25-47-45(41)46/h1-29,49H. The first kappa shape index (κ1) is 28.3. The zero-order valence-electron chi connectivity index (χ0n) is 27.1. The lowest BCUT2D eigenvalue weighted by Gasteiger charge is -2.13. The molecule has 0 unspecified atom stereocenters. The van der Waals surface area contributed by atoms with E-state index in [1.807, 2.05) is 18.5 Å². The molecule has 4 aromatic heterocycles. The molecule has 0 atom stereocenters. The number of hydrogen-bond acceptors (Lipinski definition) is 2. The molecule has 4 nitrogen and oxygen atoms in total. The number of fused-ring (bicyclic) bond motifs is 6. The Bertz CT molecular complexity index is 2880. The van der Waals surface area contributed by atoms with E-state index in [1.54, 1.807) is 0 Å². The molecule has 0 aliphatic carbocycles. The van der Waals surface area contributed by atoms with Gasteiger partial charge in [-0.3, -0.25) is 9.97 Å². The monoisotopic (exact) mass is 638 g/mol. The van der Waals surface area contributed by atoms with Gasteiger partial charge in [-0.05, 0) is 99.6 Å². The first-order valence-corrected chi connectivity index (χ1v) is 16.9. The number of para-hydroxylation sites is 2. The molecular weight excluding hydrogens is 609 g/mol. The van der Waals surface area contributed by atoms with E-state index in [1.165, 1.54) is 55.3 Å². The second kappa shape index (κ2) is 11.4.